The van der Waals surface area contributed by atoms with E-state index < -0.39 is 0 Å². The van der Waals surface area contributed by atoms with E-state index in [1.165, 1.54) is 6.42 Å². The Kier molecular flexibility index (Phi) is 10.5. The van der Waals surface area contributed by atoms with Crippen LogP contribution in [0.5, 0.6) is 0 Å². The van der Waals surface area contributed by atoms with Crippen LogP contribution in [0.1, 0.15) is 20.3 Å². The lowest BCUT2D eigenvalue weighted by Gasteiger charge is -2.25. The van der Waals surface area contributed by atoms with Crippen LogP contribution in [0.2, 0.25) is 0 Å². The number of rotatable bonds is 6. The van der Waals surface area contributed by atoms with Gasteiger partial charge in [-0.3, -0.25) is 4.90 Å². The molecule has 0 fully saturated rings. The first-order valence-electron chi connectivity index (χ1n) is 4.22. The summed E-state index contributed by atoms with van der Waals surface area (Å²) in [6.45, 7) is 13.8. The fraction of sp³-hybridized carbons (Fsp3) is 0.600. The highest BCUT2D eigenvalue weighted by Crippen LogP contribution is 2.02. The molecule has 0 N–H and O–H groups in total. The van der Waals surface area contributed by atoms with Crippen LogP contribution in [0.15, 0.2) is 25.3 Å². The van der Waals surface area contributed by atoms with Crippen molar-refractivity contribution in [2.24, 2.45) is 0 Å². The van der Waals surface area contributed by atoms with Gasteiger partial charge in [0.25, 0.3) is 0 Å². The van der Waals surface area contributed by atoms with Gasteiger partial charge in [0.2, 0.25) is 0 Å². The maximum absolute atomic E-state index is 3.72. The van der Waals surface area contributed by atoms with Crippen molar-refractivity contribution in [1.82, 2.24) is 4.90 Å². The Hall–Kier alpha value is -0.270. The summed E-state index contributed by atoms with van der Waals surface area (Å²) >= 11 is 0. The van der Waals surface area contributed by atoms with Crippen LogP contribution in [0.3, 0.4) is 0 Å². The maximum atomic E-state index is 3.72. The molecule has 1 nitrogen and oxygen atoms in total. The molecule has 0 amide bonds. The van der Waals surface area contributed by atoms with Gasteiger partial charge in [-0.05, 0) is 13.3 Å². The van der Waals surface area contributed by atoms with Crippen molar-refractivity contribution >= 4 is 12.4 Å². The molecule has 0 aliphatic carbocycles. The normalized spacial score (nSPS) is 11.9. The topological polar surface area (TPSA) is 3.24 Å². The first kappa shape index (κ1) is 14.3. The van der Waals surface area contributed by atoms with E-state index in [1.807, 2.05) is 12.2 Å². The molecule has 2 heteroatoms. The second-order valence-corrected chi connectivity index (χ2v) is 2.79. The summed E-state index contributed by atoms with van der Waals surface area (Å²) in [5.74, 6) is 0. The van der Waals surface area contributed by atoms with Crippen molar-refractivity contribution in [3.05, 3.63) is 25.3 Å². The number of halogens is 1. The first-order valence-corrected chi connectivity index (χ1v) is 4.22. The van der Waals surface area contributed by atoms with Gasteiger partial charge in [-0.1, -0.05) is 19.1 Å². The van der Waals surface area contributed by atoms with Crippen molar-refractivity contribution in [3.63, 3.8) is 0 Å². The van der Waals surface area contributed by atoms with E-state index in [0.717, 1.165) is 13.1 Å². The molecule has 0 aromatic heterocycles. The zero-order chi connectivity index (χ0) is 8.69. The van der Waals surface area contributed by atoms with Gasteiger partial charge < -0.3 is 0 Å². The van der Waals surface area contributed by atoms with Crippen LogP contribution in [-0.2, 0) is 0 Å². The minimum Gasteiger partial charge on any atom is -0.293 e. The summed E-state index contributed by atoms with van der Waals surface area (Å²) in [6, 6.07) is 0.631. The van der Waals surface area contributed by atoms with Gasteiger partial charge in [0.1, 0.15) is 0 Å². The van der Waals surface area contributed by atoms with Gasteiger partial charge in [0, 0.05) is 19.1 Å². The molecule has 12 heavy (non-hydrogen) atoms. The van der Waals surface area contributed by atoms with Crippen molar-refractivity contribution in [1.29, 1.82) is 0 Å². The summed E-state index contributed by atoms with van der Waals surface area (Å²) in [5, 5.41) is 0. The molecule has 0 spiro atoms. The standard InChI is InChI=1S/C10H19N.ClH/c1-5-8-11(9-6-2)10(4)7-3;/h5-6,10H,1-2,7-9H2,3-4H3;1H. The molecule has 0 radical (unpaired) electrons. The van der Waals surface area contributed by atoms with Gasteiger partial charge in [0.15, 0.2) is 0 Å². The van der Waals surface area contributed by atoms with E-state index in [4.69, 9.17) is 0 Å². The van der Waals surface area contributed by atoms with Crippen molar-refractivity contribution in [2.75, 3.05) is 13.1 Å². The zero-order valence-electron chi connectivity index (χ0n) is 8.12. The van der Waals surface area contributed by atoms with Crippen LogP contribution in [0.25, 0.3) is 0 Å². The minimum absolute atomic E-state index is 0. The summed E-state index contributed by atoms with van der Waals surface area (Å²) in [6.07, 6.45) is 5.06. The van der Waals surface area contributed by atoms with Crippen molar-refractivity contribution < 1.29 is 0 Å². The lowest BCUT2D eigenvalue weighted by atomic mass is 10.2. The number of hydrogen-bond acceptors (Lipinski definition) is 1. The van der Waals surface area contributed by atoms with Crippen LogP contribution in [0.4, 0.5) is 0 Å². The molecule has 72 valence electrons. The summed E-state index contributed by atoms with van der Waals surface area (Å²) in [4.78, 5) is 2.35. The highest BCUT2D eigenvalue weighted by atomic mass is 35.5. The monoisotopic (exact) mass is 189 g/mol. The van der Waals surface area contributed by atoms with E-state index in [-0.39, 0.29) is 12.4 Å². The third-order valence-electron chi connectivity index (χ3n) is 1.94. The van der Waals surface area contributed by atoms with Crippen LogP contribution >= 0.6 is 12.4 Å². The highest BCUT2D eigenvalue weighted by Gasteiger charge is 2.06. The molecule has 0 aromatic rings. The molecule has 0 rings (SSSR count). The quantitative estimate of drug-likeness (QED) is 0.581. The van der Waals surface area contributed by atoms with E-state index in [0.29, 0.717) is 6.04 Å². The van der Waals surface area contributed by atoms with Crippen LogP contribution in [-0.4, -0.2) is 24.0 Å². The molecule has 0 saturated carbocycles. The van der Waals surface area contributed by atoms with E-state index >= 15 is 0 Å². The second-order valence-electron chi connectivity index (χ2n) is 2.79. The second kappa shape index (κ2) is 8.82. The average molecular weight is 190 g/mol. The molecule has 0 bridgehead atoms. The largest absolute Gasteiger partial charge is 0.293 e. The maximum Gasteiger partial charge on any atom is 0.0166 e. The summed E-state index contributed by atoms with van der Waals surface area (Å²) < 4.78 is 0. The van der Waals surface area contributed by atoms with Gasteiger partial charge in [-0.25, -0.2) is 0 Å². The third kappa shape index (κ3) is 5.39. The van der Waals surface area contributed by atoms with Crippen molar-refractivity contribution in [3.8, 4) is 0 Å². The van der Waals surface area contributed by atoms with Gasteiger partial charge in [-0.15, -0.1) is 25.6 Å². The van der Waals surface area contributed by atoms with E-state index in [9.17, 15) is 0 Å². The number of hydrogen-bond donors (Lipinski definition) is 0. The first-order chi connectivity index (χ1) is 5.26. The van der Waals surface area contributed by atoms with Gasteiger partial charge in [0.05, 0.1) is 0 Å². The van der Waals surface area contributed by atoms with Crippen LogP contribution < -0.4 is 0 Å². The molecule has 0 saturated heterocycles. The predicted molar refractivity (Wildman–Crippen MR) is 59.0 cm³/mol. The molecule has 1 atom stereocenters. The van der Waals surface area contributed by atoms with Crippen LogP contribution in [0, 0.1) is 0 Å². The van der Waals surface area contributed by atoms with Crippen molar-refractivity contribution in [2.45, 2.75) is 26.3 Å². The number of nitrogens with zero attached hydrogens (tertiary/aromatic N) is 1. The van der Waals surface area contributed by atoms with E-state index in [1.54, 1.807) is 0 Å². The Morgan fingerprint density at radius 2 is 1.67 bits per heavy atom. The molecule has 0 aromatic carbocycles. The Bertz CT molecular complexity index is 113. The zero-order valence-corrected chi connectivity index (χ0v) is 8.94. The molecular weight excluding hydrogens is 170 g/mol. The summed E-state index contributed by atoms with van der Waals surface area (Å²) in [7, 11) is 0. The SMILES string of the molecule is C=CCN(CC=C)C(C)CC.Cl. The van der Waals surface area contributed by atoms with Gasteiger partial charge in [-0.2, -0.15) is 0 Å². The Morgan fingerprint density at radius 1 is 1.25 bits per heavy atom. The fourth-order valence-electron chi connectivity index (χ4n) is 1.02. The Balaban J connectivity index is 0. The minimum atomic E-state index is 0. The predicted octanol–water partition coefficient (Wildman–Crippen LogP) is 2.88. The van der Waals surface area contributed by atoms with E-state index in [2.05, 4.69) is 31.9 Å². The molecule has 0 heterocycles. The lowest BCUT2D eigenvalue weighted by Crippen LogP contribution is -2.32. The Morgan fingerprint density at radius 3 is 1.92 bits per heavy atom. The molecule has 0 aliphatic heterocycles. The fourth-order valence-corrected chi connectivity index (χ4v) is 1.02. The highest BCUT2D eigenvalue weighted by molar-refractivity contribution is 5.85. The third-order valence-corrected chi connectivity index (χ3v) is 1.94. The van der Waals surface area contributed by atoms with Gasteiger partial charge >= 0.3 is 0 Å². The molecule has 1 unspecified atom stereocenters. The molecular formula is C10H20ClN. The molecule has 0 aliphatic rings. The summed E-state index contributed by atoms with van der Waals surface area (Å²) in [5.41, 5.74) is 0. The lowest BCUT2D eigenvalue weighted by molar-refractivity contribution is 0.250. The smallest absolute Gasteiger partial charge is 0.0166 e. The average Bonchev–Trinajstić information content (AvgIpc) is 2.03. The Labute approximate surface area is 82.6 Å².